The van der Waals surface area contributed by atoms with Gasteiger partial charge in [0.25, 0.3) is 5.91 Å². The lowest BCUT2D eigenvalue weighted by atomic mass is 10.2. The van der Waals surface area contributed by atoms with Crippen molar-refractivity contribution in [2.24, 2.45) is 0 Å². The number of carbonyl (C=O) groups excluding carboxylic acids is 1. The maximum atomic E-state index is 13.2. The summed E-state index contributed by atoms with van der Waals surface area (Å²) in [6, 6.07) is 6.29. The van der Waals surface area contributed by atoms with Crippen molar-refractivity contribution in [1.29, 1.82) is 0 Å². The Kier molecular flexibility index (Phi) is 3.95. The largest absolute Gasteiger partial charge is 0.477 e. The number of nitrogens with zero attached hydrogens (tertiary/aromatic N) is 1. The average Bonchev–Trinajstić information content (AvgIpc) is 2.43. The van der Waals surface area contributed by atoms with Crippen LogP contribution in [0.2, 0.25) is 5.02 Å². The van der Waals surface area contributed by atoms with E-state index in [2.05, 4.69) is 10.3 Å². The van der Waals surface area contributed by atoms with Crippen LogP contribution in [-0.2, 0) is 0 Å². The normalized spacial score (nSPS) is 10.1. The molecular weight excluding hydrogens is 287 g/mol. The van der Waals surface area contributed by atoms with Gasteiger partial charge in [0.15, 0.2) is 0 Å². The minimum atomic E-state index is -1.24. The van der Waals surface area contributed by atoms with Crippen LogP contribution in [0.4, 0.5) is 10.1 Å². The van der Waals surface area contributed by atoms with Gasteiger partial charge in [-0.1, -0.05) is 11.6 Å². The highest BCUT2D eigenvalue weighted by Crippen LogP contribution is 2.19. The lowest BCUT2D eigenvalue weighted by molar-refractivity contribution is 0.0690. The van der Waals surface area contributed by atoms with Crippen molar-refractivity contribution in [2.45, 2.75) is 0 Å². The maximum absolute atomic E-state index is 13.2. The van der Waals surface area contributed by atoms with Crippen molar-refractivity contribution in [2.75, 3.05) is 5.32 Å². The molecule has 0 atom stereocenters. The van der Waals surface area contributed by atoms with Crippen molar-refractivity contribution in [3.63, 3.8) is 0 Å². The Morgan fingerprint density at radius 2 is 2.00 bits per heavy atom. The predicted molar refractivity (Wildman–Crippen MR) is 70.6 cm³/mol. The molecule has 1 amide bonds. The van der Waals surface area contributed by atoms with Crippen molar-refractivity contribution in [3.8, 4) is 0 Å². The number of hydrogen-bond acceptors (Lipinski definition) is 3. The number of hydrogen-bond donors (Lipinski definition) is 2. The van der Waals surface area contributed by atoms with Crippen LogP contribution in [0.5, 0.6) is 0 Å². The summed E-state index contributed by atoms with van der Waals surface area (Å²) in [5.74, 6) is -2.47. The number of carbonyl (C=O) groups is 2. The van der Waals surface area contributed by atoms with Gasteiger partial charge in [0.1, 0.15) is 11.5 Å². The second kappa shape index (κ2) is 5.66. The second-order valence-electron chi connectivity index (χ2n) is 3.82. The number of carboxylic acid groups (broad SMARTS) is 1. The molecule has 2 N–H and O–H groups in total. The molecule has 2 aromatic rings. The number of aromatic nitrogens is 1. The number of rotatable bonds is 3. The first-order valence-electron chi connectivity index (χ1n) is 5.43. The Balaban J connectivity index is 2.21. The summed E-state index contributed by atoms with van der Waals surface area (Å²) in [4.78, 5) is 26.3. The minimum Gasteiger partial charge on any atom is -0.477 e. The molecule has 0 bridgehead atoms. The second-order valence-corrected chi connectivity index (χ2v) is 4.23. The van der Waals surface area contributed by atoms with Crippen LogP contribution in [0.1, 0.15) is 20.8 Å². The van der Waals surface area contributed by atoms with Crippen molar-refractivity contribution >= 4 is 29.2 Å². The van der Waals surface area contributed by atoms with Gasteiger partial charge < -0.3 is 10.4 Å². The molecule has 20 heavy (non-hydrogen) atoms. The summed E-state index contributed by atoms with van der Waals surface area (Å²) in [5.41, 5.74) is 0.0679. The monoisotopic (exact) mass is 294 g/mol. The van der Waals surface area contributed by atoms with Crippen molar-refractivity contribution < 1.29 is 19.1 Å². The van der Waals surface area contributed by atoms with Crippen LogP contribution in [-0.4, -0.2) is 22.0 Å². The number of amides is 1. The van der Waals surface area contributed by atoms with E-state index in [1.54, 1.807) is 0 Å². The third kappa shape index (κ3) is 3.10. The van der Waals surface area contributed by atoms with E-state index < -0.39 is 17.7 Å². The zero-order chi connectivity index (χ0) is 14.7. The highest BCUT2D eigenvalue weighted by Gasteiger charge is 2.11. The van der Waals surface area contributed by atoms with Gasteiger partial charge in [-0.2, -0.15) is 0 Å². The van der Waals surface area contributed by atoms with Gasteiger partial charge in [-0.15, -0.1) is 0 Å². The third-order valence-corrected chi connectivity index (χ3v) is 2.73. The quantitative estimate of drug-likeness (QED) is 0.912. The molecule has 0 aliphatic carbocycles. The highest BCUT2D eigenvalue weighted by atomic mass is 35.5. The molecule has 0 radical (unpaired) electrons. The number of halogens is 2. The summed E-state index contributed by atoms with van der Waals surface area (Å²) in [6.07, 6.45) is 1.21. The standard InChI is InChI=1S/C13H8ClFN2O3/c14-9-2-1-8(6-10(9)15)17-12(18)7-3-4-16-11(5-7)13(19)20/h1-6H,(H,17,18)(H,19,20). The minimum absolute atomic E-state index is 0.0555. The van der Waals surface area contributed by atoms with Crippen LogP contribution >= 0.6 is 11.6 Å². The summed E-state index contributed by atoms with van der Waals surface area (Å²) >= 11 is 5.53. The fourth-order valence-electron chi connectivity index (χ4n) is 1.47. The molecule has 0 saturated heterocycles. The smallest absolute Gasteiger partial charge is 0.354 e. The van der Waals surface area contributed by atoms with Gasteiger partial charge in [0.2, 0.25) is 0 Å². The fraction of sp³-hybridized carbons (Fsp3) is 0. The van der Waals surface area contributed by atoms with E-state index >= 15 is 0 Å². The lowest BCUT2D eigenvalue weighted by Gasteiger charge is -2.06. The zero-order valence-corrected chi connectivity index (χ0v) is 10.7. The van der Waals surface area contributed by atoms with E-state index in [1.807, 2.05) is 0 Å². The molecule has 0 fully saturated rings. The number of carboxylic acids is 1. The first kappa shape index (κ1) is 14.0. The lowest BCUT2D eigenvalue weighted by Crippen LogP contribution is -2.13. The fourth-order valence-corrected chi connectivity index (χ4v) is 1.58. The van der Waals surface area contributed by atoms with Crippen molar-refractivity contribution in [3.05, 3.63) is 58.6 Å². The maximum Gasteiger partial charge on any atom is 0.354 e. The number of aromatic carboxylic acids is 1. The number of benzene rings is 1. The van der Waals surface area contributed by atoms with Crippen LogP contribution in [0.15, 0.2) is 36.5 Å². The van der Waals surface area contributed by atoms with Gasteiger partial charge in [0.05, 0.1) is 5.02 Å². The Labute approximate surface area is 118 Å². The van der Waals surface area contributed by atoms with Crippen molar-refractivity contribution in [1.82, 2.24) is 4.98 Å². The molecule has 7 heteroatoms. The molecule has 1 aromatic heterocycles. The summed E-state index contributed by atoms with van der Waals surface area (Å²) in [7, 11) is 0. The predicted octanol–water partition coefficient (Wildman–Crippen LogP) is 2.82. The van der Waals surface area contributed by atoms with Crippen LogP contribution in [0.25, 0.3) is 0 Å². The van der Waals surface area contributed by atoms with E-state index in [9.17, 15) is 14.0 Å². The summed E-state index contributed by atoms with van der Waals surface area (Å²) in [5, 5.41) is 11.2. The van der Waals surface area contributed by atoms with E-state index in [-0.39, 0.29) is 22.0 Å². The molecule has 1 heterocycles. The summed E-state index contributed by atoms with van der Waals surface area (Å²) in [6.45, 7) is 0. The van der Waals surface area contributed by atoms with E-state index in [0.29, 0.717) is 0 Å². The van der Waals surface area contributed by atoms with Crippen LogP contribution in [0.3, 0.4) is 0 Å². The molecule has 0 spiro atoms. The highest BCUT2D eigenvalue weighted by molar-refractivity contribution is 6.30. The Morgan fingerprint density at radius 3 is 2.65 bits per heavy atom. The molecule has 2 rings (SSSR count). The van der Waals surface area contributed by atoms with Gasteiger partial charge in [-0.25, -0.2) is 14.2 Å². The number of nitrogens with one attached hydrogen (secondary N) is 1. The zero-order valence-electron chi connectivity index (χ0n) is 9.93. The van der Waals surface area contributed by atoms with E-state index in [0.717, 1.165) is 12.1 Å². The molecule has 5 nitrogen and oxygen atoms in total. The SMILES string of the molecule is O=C(Nc1ccc(Cl)c(F)c1)c1ccnc(C(=O)O)c1. The molecule has 0 aliphatic heterocycles. The Hall–Kier alpha value is -2.47. The first-order chi connectivity index (χ1) is 9.47. The first-order valence-corrected chi connectivity index (χ1v) is 5.81. The molecule has 1 aromatic carbocycles. The van der Waals surface area contributed by atoms with Gasteiger partial charge in [-0.05, 0) is 30.3 Å². The summed E-state index contributed by atoms with van der Waals surface area (Å²) < 4.78 is 13.2. The number of anilines is 1. The third-order valence-electron chi connectivity index (χ3n) is 2.42. The van der Waals surface area contributed by atoms with Gasteiger partial charge in [-0.3, -0.25) is 4.79 Å². The number of pyridine rings is 1. The Bertz CT molecular complexity index is 691. The van der Waals surface area contributed by atoms with Gasteiger partial charge >= 0.3 is 5.97 Å². The topological polar surface area (TPSA) is 79.3 Å². The van der Waals surface area contributed by atoms with E-state index in [4.69, 9.17) is 16.7 Å². The molecule has 0 unspecified atom stereocenters. The average molecular weight is 295 g/mol. The van der Waals surface area contributed by atoms with Crippen LogP contribution in [0, 0.1) is 5.82 Å². The molecule has 0 aliphatic rings. The Morgan fingerprint density at radius 1 is 1.25 bits per heavy atom. The van der Waals surface area contributed by atoms with Gasteiger partial charge in [0, 0.05) is 17.4 Å². The van der Waals surface area contributed by atoms with Crippen LogP contribution < -0.4 is 5.32 Å². The molecule has 0 saturated carbocycles. The molecular formula is C13H8ClFN2O3. The van der Waals surface area contributed by atoms with E-state index in [1.165, 1.54) is 24.4 Å². The molecule has 102 valence electrons.